The van der Waals surface area contributed by atoms with E-state index < -0.39 is 21.9 Å². The predicted octanol–water partition coefficient (Wildman–Crippen LogP) is 5.62. The second kappa shape index (κ2) is 11.6. The summed E-state index contributed by atoms with van der Waals surface area (Å²) in [5.74, 6) is -0.541. The molecule has 2 N–H and O–H groups in total. The van der Waals surface area contributed by atoms with Crippen molar-refractivity contribution in [2.45, 2.75) is 4.90 Å². The van der Waals surface area contributed by atoms with Crippen molar-refractivity contribution >= 4 is 44.6 Å². The monoisotopic (exact) mass is 549 g/mol. The number of nitrogens with one attached hydrogen (secondary N) is 2. The Morgan fingerprint density at radius 2 is 1.40 bits per heavy atom. The van der Waals surface area contributed by atoms with Crippen molar-refractivity contribution in [1.82, 2.24) is 5.43 Å². The summed E-state index contributed by atoms with van der Waals surface area (Å²) in [5, 5.41) is 5.74. The SMILES string of the molecule is O=C(N/N=C\c1ccc(OC(=O)c2cccc3ccccc23)cc1)c1ccc(NS(=O)(=O)c2ccccc2)cc1. The third kappa shape index (κ3) is 6.23. The van der Waals surface area contributed by atoms with Crippen LogP contribution in [-0.4, -0.2) is 26.5 Å². The molecular formula is C31H23N3O5S. The fraction of sp³-hybridized carbons (Fsp3) is 0. The summed E-state index contributed by atoms with van der Waals surface area (Å²) < 4.78 is 32.9. The van der Waals surface area contributed by atoms with Crippen molar-refractivity contribution in [2.24, 2.45) is 5.10 Å². The summed E-state index contributed by atoms with van der Waals surface area (Å²) in [6.45, 7) is 0. The van der Waals surface area contributed by atoms with Crippen LogP contribution in [0.5, 0.6) is 5.75 Å². The van der Waals surface area contributed by atoms with E-state index >= 15 is 0 Å². The van der Waals surface area contributed by atoms with E-state index in [1.54, 1.807) is 48.5 Å². The molecule has 40 heavy (non-hydrogen) atoms. The van der Waals surface area contributed by atoms with Crippen molar-refractivity contribution in [3.8, 4) is 5.75 Å². The minimum atomic E-state index is -3.73. The molecule has 5 aromatic rings. The zero-order valence-corrected chi connectivity index (χ0v) is 21.8. The van der Waals surface area contributed by atoms with Crippen LogP contribution < -0.4 is 14.9 Å². The molecule has 198 valence electrons. The maximum Gasteiger partial charge on any atom is 0.344 e. The Bertz CT molecular complexity index is 1800. The molecule has 0 bridgehead atoms. The number of esters is 1. The lowest BCUT2D eigenvalue weighted by Crippen LogP contribution is -2.18. The van der Waals surface area contributed by atoms with Crippen LogP contribution in [0.3, 0.4) is 0 Å². The number of carbonyl (C=O) groups excluding carboxylic acids is 2. The van der Waals surface area contributed by atoms with Crippen molar-refractivity contribution in [2.75, 3.05) is 4.72 Å². The Hall–Kier alpha value is -5.28. The molecule has 0 aliphatic heterocycles. The van der Waals surface area contributed by atoms with E-state index in [1.807, 2.05) is 36.4 Å². The number of sulfonamides is 1. The topological polar surface area (TPSA) is 114 Å². The van der Waals surface area contributed by atoms with Crippen LogP contribution in [0.1, 0.15) is 26.3 Å². The summed E-state index contributed by atoms with van der Waals surface area (Å²) in [7, 11) is -3.73. The highest BCUT2D eigenvalue weighted by Gasteiger charge is 2.14. The standard InChI is InChI=1S/C31H23N3O5S/c35-30(24-15-17-25(18-16-24)34-40(37,38)27-9-2-1-3-10-27)33-32-21-22-13-19-26(20-14-22)39-31(36)29-12-6-8-23-7-4-5-11-28(23)29/h1-21,34H,(H,33,35)/b32-21-. The van der Waals surface area contributed by atoms with E-state index in [0.717, 1.165) is 10.8 Å². The van der Waals surface area contributed by atoms with Crippen LogP contribution in [0, 0.1) is 0 Å². The second-order valence-corrected chi connectivity index (χ2v) is 10.4. The first kappa shape index (κ1) is 26.3. The van der Waals surface area contributed by atoms with Crippen LogP contribution in [0.25, 0.3) is 10.8 Å². The van der Waals surface area contributed by atoms with E-state index in [9.17, 15) is 18.0 Å². The smallest absolute Gasteiger partial charge is 0.344 e. The van der Waals surface area contributed by atoms with Gasteiger partial charge in [-0.3, -0.25) is 9.52 Å². The van der Waals surface area contributed by atoms with Gasteiger partial charge in [0.15, 0.2) is 0 Å². The minimum absolute atomic E-state index is 0.141. The van der Waals surface area contributed by atoms with Gasteiger partial charge in [-0.2, -0.15) is 5.10 Å². The van der Waals surface area contributed by atoms with Crippen LogP contribution >= 0.6 is 0 Å². The molecule has 0 saturated heterocycles. The second-order valence-electron chi connectivity index (χ2n) is 8.68. The lowest BCUT2D eigenvalue weighted by molar-refractivity contribution is 0.0736. The molecule has 8 nitrogen and oxygen atoms in total. The Labute approximate surface area is 231 Å². The van der Waals surface area contributed by atoms with Crippen molar-refractivity contribution in [1.29, 1.82) is 0 Å². The molecule has 9 heteroatoms. The highest BCUT2D eigenvalue weighted by Crippen LogP contribution is 2.21. The number of amides is 1. The van der Waals surface area contributed by atoms with Crippen LogP contribution in [0.15, 0.2) is 131 Å². The highest BCUT2D eigenvalue weighted by atomic mass is 32.2. The normalized spacial score (nSPS) is 11.3. The predicted molar refractivity (Wildman–Crippen MR) is 154 cm³/mol. The van der Waals surface area contributed by atoms with E-state index in [1.165, 1.54) is 42.6 Å². The Kier molecular flexibility index (Phi) is 7.65. The highest BCUT2D eigenvalue weighted by molar-refractivity contribution is 7.92. The molecule has 0 spiro atoms. The van der Waals surface area contributed by atoms with Crippen molar-refractivity contribution in [3.63, 3.8) is 0 Å². The van der Waals surface area contributed by atoms with E-state index in [-0.39, 0.29) is 4.90 Å². The van der Waals surface area contributed by atoms with Gasteiger partial charge in [-0.25, -0.2) is 18.6 Å². The van der Waals surface area contributed by atoms with Gasteiger partial charge >= 0.3 is 5.97 Å². The Balaban J connectivity index is 1.16. The van der Waals surface area contributed by atoms with Crippen LogP contribution in [-0.2, 0) is 10.0 Å². The molecule has 0 fully saturated rings. The minimum Gasteiger partial charge on any atom is -0.423 e. The molecule has 0 aliphatic rings. The number of carbonyl (C=O) groups is 2. The molecule has 0 unspecified atom stereocenters. The van der Waals surface area contributed by atoms with Crippen molar-refractivity contribution in [3.05, 3.63) is 138 Å². The van der Waals surface area contributed by atoms with Gasteiger partial charge in [-0.05, 0) is 83.1 Å². The number of rotatable bonds is 8. The summed E-state index contributed by atoms with van der Waals surface area (Å²) >= 11 is 0. The average molecular weight is 550 g/mol. The van der Waals surface area contributed by atoms with E-state index in [2.05, 4.69) is 15.2 Å². The zero-order chi connectivity index (χ0) is 28.0. The van der Waals surface area contributed by atoms with Gasteiger partial charge in [0.1, 0.15) is 5.75 Å². The summed E-state index contributed by atoms with van der Waals surface area (Å²) in [6.07, 6.45) is 1.45. The molecule has 0 radical (unpaired) electrons. The number of fused-ring (bicyclic) bond motifs is 1. The number of anilines is 1. The Morgan fingerprint density at radius 3 is 2.15 bits per heavy atom. The zero-order valence-electron chi connectivity index (χ0n) is 21.0. The molecule has 1 amide bonds. The summed E-state index contributed by atoms with van der Waals surface area (Å²) in [5.41, 5.74) is 4.21. The molecule has 0 heterocycles. The molecular weight excluding hydrogens is 526 g/mol. The average Bonchev–Trinajstić information content (AvgIpc) is 2.98. The lowest BCUT2D eigenvalue weighted by Gasteiger charge is -2.08. The molecule has 0 atom stereocenters. The summed E-state index contributed by atoms with van der Waals surface area (Å²) in [4.78, 5) is 25.3. The number of hydrazone groups is 1. The van der Waals surface area contributed by atoms with E-state index in [0.29, 0.717) is 28.1 Å². The van der Waals surface area contributed by atoms with Gasteiger partial charge in [0.25, 0.3) is 15.9 Å². The van der Waals surface area contributed by atoms with Crippen molar-refractivity contribution < 1.29 is 22.7 Å². The fourth-order valence-corrected chi connectivity index (χ4v) is 5.00. The lowest BCUT2D eigenvalue weighted by atomic mass is 10.0. The summed E-state index contributed by atoms with van der Waals surface area (Å²) in [6, 6.07) is 33.7. The van der Waals surface area contributed by atoms with Crippen LogP contribution in [0.4, 0.5) is 5.69 Å². The van der Waals surface area contributed by atoms with Gasteiger partial charge in [-0.1, -0.05) is 54.6 Å². The number of hydrogen-bond donors (Lipinski definition) is 2. The first-order valence-electron chi connectivity index (χ1n) is 12.2. The Morgan fingerprint density at radius 1 is 0.725 bits per heavy atom. The van der Waals surface area contributed by atoms with Gasteiger partial charge in [0.2, 0.25) is 0 Å². The molecule has 0 aliphatic carbocycles. The number of hydrogen-bond acceptors (Lipinski definition) is 6. The number of ether oxygens (including phenoxy) is 1. The van der Waals surface area contributed by atoms with Gasteiger partial charge in [0, 0.05) is 11.3 Å². The third-order valence-electron chi connectivity index (χ3n) is 5.93. The quantitative estimate of drug-likeness (QED) is 0.113. The molecule has 5 rings (SSSR count). The molecule has 5 aromatic carbocycles. The largest absolute Gasteiger partial charge is 0.423 e. The van der Waals surface area contributed by atoms with Gasteiger partial charge < -0.3 is 4.74 Å². The number of nitrogens with zero attached hydrogens (tertiary/aromatic N) is 1. The first-order chi connectivity index (χ1) is 19.4. The van der Waals surface area contributed by atoms with Crippen LogP contribution in [0.2, 0.25) is 0 Å². The third-order valence-corrected chi connectivity index (χ3v) is 7.33. The van der Waals surface area contributed by atoms with Gasteiger partial charge in [0.05, 0.1) is 16.7 Å². The molecule has 0 aromatic heterocycles. The van der Waals surface area contributed by atoms with Gasteiger partial charge in [-0.15, -0.1) is 0 Å². The molecule has 0 saturated carbocycles. The maximum absolute atomic E-state index is 12.7. The number of benzene rings is 5. The first-order valence-corrected chi connectivity index (χ1v) is 13.7. The van der Waals surface area contributed by atoms with E-state index in [4.69, 9.17) is 4.74 Å². The maximum atomic E-state index is 12.7. The fourth-order valence-electron chi connectivity index (χ4n) is 3.92.